The Morgan fingerprint density at radius 1 is 0.824 bits per heavy atom. The van der Waals surface area contributed by atoms with Crippen molar-refractivity contribution in [2.24, 2.45) is 10.8 Å². The summed E-state index contributed by atoms with van der Waals surface area (Å²) in [6.45, 7) is 11.7. The van der Waals surface area contributed by atoms with Gasteiger partial charge in [0.1, 0.15) is 0 Å². The summed E-state index contributed by atoms with van der Waals surface area (Å²) in [6, 6.07) is 0. The molecule has 17 heavy (non-hydrogen) atoms. The van der Waals surface area contributed by atoms with Gasteiger partial charge < -0.3 is 0 Å². The normalized spacial score (nSPS) is 14.6. The van der Waals surface area contributed by atoms with Crippen molar-refractivity contribution in [3.8, 4) is 0 Å². The summed E-state index contributed by atoms with van der Waals surface area (Å²) in [5.74, 6) is 0.591. The minimum atomic E-state index is -2.36. The maximum atomic E-state index is 12.0. The average molecular weight is 580 g/mol. The molecule has 0 saturated carbocycles. The van der Waals surface area contributed by atoms with Gasteiger partial charge >= 0.3 is 130 Å². The molecule has 0 rings (SSSR count). The van der Waals surface area contributed by atoms with Gasteiger partial charge in [-0.15, -0.1) is 0 Å². The molecule has 0 aromatic carbocycles. The van der Waals surface area contributed by atoms with Gasteiger partial charge in [-0.2, -0.15) is 0 Å². The van der Waals surface area contributed by atoms with E-state index in [0.29, 0.717) is 20.5 Å². The fourth-order valence-electron chi connectivity index (χ4n) is 0.868. The van der Waals surface area contributed by atoms with Gasteiger partial charge in [0.25, 0.3) is 0 Å². The van der Waals surface area contributed by atoms with Gasteiger partial charge in [-0.3, -0.25) is 0 Å². The molecule has 0 unspecified atom stereocenters. The molecule has 0 amide bonds. The van der Waals surface area contributed by atoms with Crippen LogP contribution < -0.4 is 0 Å². The zero-order chi connectivity index (χ0) is 14.1. The van der Waals surface area contributed by atoms with Crippen LogP contribution in [0.5, 0.6) is 0 Å². The molecule has 0 heterocycles. The molecule has 2 nitrogen and oxygen atoms in total. The first-order valence-electron chi connectivity index (χ1n) is 5.50. The van der Waals surface area contributed by atoms with Crippen molar-refractivity contribution < 1.29 is 9.59 Å². The van der Waals surface area contributed by atoms with Crippen molar-refractivity contribution in [2.75, 3.05) is 0 Å². The van der Waals surface area contributed by atoms with E-state index in [1.807, 2.05) is 41.5 Å². The molecule has 0 aromatic rings. The van der Waals surface area contributed by atoms with Crippen LogP contribution in [0, 0.1) is 10.8 Å². The predicted molar refractivity (Wildman–Crippen MR) is 92.3 cm³/mol. The van der Waals surface area contributed by atoms with Crippen molar-refractivity contribution in [3.05, 3.63) is 0 Å². The van der Waals surface area contributed by atoms with Crippen LogP contribution in [0.3, 0.4) is 0 Å². The van der Waals surface area contributed by atoms with Crippen LogP contribution in [0.1, 0.15) is 41.5 Å². The van der Waals surface area contributed by atoms with Crippen LogP contribution in [0.25, 0.3) is 0 Å². The number of halogens is 2. The van der Waals surface area contributed by atoms with E-state index in [4.69, 9.17) is 0 Å². The van der Waals surface area contributed by atoms with E-state index in [-0.39, 0.29) is 10.8 Å². The summed E-state index contributed by atoms with van der Waals surface area (Å²) < 4.78 is 1.27. The Labute approximate surface area is 128 Å². The first kappa shape index (κ1) is 18.6. The van der Waals surface area contributed by atoms with E-state index in [2.05, 4.69) is 37.4 Å². The summed E-state index contributed by atoms with van der Waals surface area (Å²) in [6.07, 6.45) is 0. The van der Waals surface area contributed by atoms with Gasteiger partial charge in [-0.1, -0.05) is 0 Å². The van der Waals surface area contributed by atoms with E-state index in [1.165, 1.54) is 0 Å². The topological polar surface area (TPSA) is 34.1 Å². The monoisotopic (exact) mass is 582 g/mol. The van der Waals surface area contributed by atoms with E-state index in [1.54, 1.807) is 0 Å². The van der Waals surface area contributed by atoms with Crippen molar-refractivity contribution >= 4 is 59.2 Å². The molecule has 0 aliphatic heterocycles. The second-order valence-electron chi connectivity index (χ2n) is 6.33. The quantitative estimate of drug-likeness (QED) is 0.363. The zero-order valence-corrected chi connectivity index (χ0v) is 18.0. The van der Waals surface area contributed by atoms with Crippen molar-refractivity contribution in [2.45, 2.75) is 50.5 Å². The molecule has 0 saturated heterocycles. The molecule has 0 spiro atoms. The third-order valence-electron chi connectivity index (χ3n) is 2.36. The van der Waals surface area contributed by atoms with Gasteiger partial charge in [0.15, 0.2) is 0 Å². The average Bonchev–Trinajstić information content (AvgIpc) is 1.97. The third kappa shape index (κ3) is 7.68. The van der Waals surface area contributed by atoms with Crippen LogP contribution in [0.4, 0.5) is 0 Å². The Bertz CT molecular complexity index is 281. The van der Waals surface area contributed by atoms with Gasteiger partial charge in [0.05, 0.1) is 0 Å². The van der Waals surface area contributed by atoms with Crippen LogP contribution in [0.2, 0.25) is 8.94 Å². The summed E-state index contributed by atoms with van der Waals surface area (Å²) in [5.41, 5.74) is -0.559. The Morgan fingerprint density at radius 2 is 1.06 bits per heavy atom. The number of ketones is 2. The summed E-state index contributed by atoms with van der Waals surface area (Å²) in [4.78, 5) is 24.1. The van der Waals surface area contributed by atoms with Crippen LogP contribution in [-0.4, -0.2) is 21.9 Å². The molecule has 0 fully saturated rings. The molecule has 0 aromatic heterocycles. The second kappa shape index (κ2) is 6.36. The molecule has 102 valence electrons. The number of hydrogen-bond acceptors (Lipinski definition) is 2. The molecule has 0 radical (unpaired) electrons. The van der Waals surface area contributed by atoms with Gasteiger partial charge in [-0.25, -0.2) is 0 Å². The number of carbonyl (C=O) groups is 2. The molecule has 0 N–H and O–H groups in total. The molecular weight excluding hydrogens is 558 g/mol. The second-order valence-corrected chi connectivity index (χ2v) is 45.9. The van der Waals surface area contributed by atoms with E-state index in [0.717, 1.165) is 0 Å². The summed E-state index contributed by atoms with van der Waals surface area (Å²) in [5, 5.41) is 0. The number of rotatable bonds is 4. The van der Waals surface area contributed by atoms with Crippen LogP contribution in [-0.2, 0) is 9.59 Å². The summed E-state index contributed by atoms with van der Waals surface area (Å²) >= 11 is 4.84. The molecule has 5 heteroatoms. The van der Waals surface area contributed by atoms with Crippen molar-refractivity contribution in [3.63, 3.8) is 0 Å². The Balaban J connectivity index is 4.62. The van der Waals surface area contributed by atoms with Gasteiger partial charge in [-0.05, 0) is 0 Å². The van der Waals surface area contributed by atoms with Gasteiger partial charge in [0, 0.05) is 0 Å². The Hall–Kier alpha value is 1.59. The van der Waals surface area contributed by atoms with E-state index >= 15 is 0 Å². The molecule has 0 atom stereocenters. The Kier molecular flexibility index (Phi) is 6.95. The number of Topliss-reactive ketones (excluding diaryl/α,β-unsaturated/α-hetero) is 2. The minimum absolute atomic E-state index is 0.280. The number of carbonyl (C=O) groups excluding carboxylic acids is 2. The molecule has 0 aliphatic rings. The summed E-state index contributed by atoms with van der Waals surface area (Å²) in [7, 11) is -2.36. The SMILES string of the molecule is CC(C)(C)C(=O)C[Te](I)(I)CC(=O)C(C)(C)C. The molecule has 0 aliphatic carbocycles. The van der Waals surface area contributed by atoms with Crippen molar-refractivity contribution in [1.29, 1.82) is 0 Å². The standard InChI is InChI=1S/C12H22I2O2Te/c1-11(2,3)9(15)7-17(13,14)8-10(16)12(4,5)6/h7-8H2,1-6H3. The predicted octanol–water partition coefficient (Wildman–Crippen LogP) is 4.53. The fourth-order valence-corrected chi connectivity index (χ4v) is 13.4. The Morgan fingerprint density at radius 3 is 1.24 bits per heavy atom. The van der Waals surface area contributed by atoms with Gasteiger partial charge in [0.2, 0.25) is 0 Å². The first-order chi connectivity index (χ1) is 7.26. The zero-order valence-electron chi connectivity index (χ0n) is 11.4. The van der Waals surface area contributed by atoms with Crippen molar-refractivity contribution in [1.82, 2.24) is 0 Å². The first-order valence-corrected chi connectivity index (χ1v) is 22.4. The number of hydrogen-bond donors (Lipinski definition) is 0. The van der Waals surface area contributed by atoms with Crippen LogP contribution >= 0.6 is 37.4 Å². The third-order valence-corrected chi connectivity index (χ3v) is 14.6. The maximum absolute atomic E-state index is 12.0. The van der Waals surface area contributed by atoms with E-state index < -0.39 is 10.3 Å². The molecular formula is C12H22I2O2Te. The molecule has 0 bridgehead atoms. The van der Waals surface area contributed by atoms with E-state index in [9.17, 15) is 9.59 Å². The van der Waals surface area contributed by atoms with Crippen LogP contribution in [0.15, 0.2) is 0 Å². The fraction of sp³-hybridized carbons (Fsp3) is 0.833.